The molecule has 1 heterocycles. The van der Waals surface area contributed by atoms with Crippen LogP contribution in [0.2, 0.25) is 0 Å². The molecule has 0 radical (unpaired) electrons. The zero-order valence-corrected chi connectivity index (χ0v) is 10.7. The molecular formula is C10H7F5N2O5. The van der Waals surface area contributed by atoms with E-state index in [1.165, 1.54) is 6.92 Å². The Kier molecular flexibility index (Phi) is 5.17. The van der Waals surface area contributed by atoms with Crippen LogP contribution in [-0.4, -0.2) is 28.8 Å². The molecule has 0 unspecified atom stereocenters. The monoisotopic (exact) mass is 330 g/mol. The van der Waals surface area contributed by atoms with Crippen molar-refractivity contribution < 1.29 is 41.1 Å². The maximum atomic E-state index is 12.7. The topological polar surface area (TPSA) is 91.6 Å². The van der Waals surface area contributed by atoms with Gasteiger partial charge in [-0.15, -0.1) is 13.2 Å². The summed E-state index contributed by atoms with van der Waals surface area (Å²) in [6.07, 6.45) is -8.65. The number of nitro groups is 1. The lowest BCUT2D eigenvalue weighted by atomic mass is 10.1. The summed E-state index contributed by atoms with van der Waals surface area (Å²) < 4.78 is 69.8. The summed E-state index contributed by atoms with van der Waals surface area (Å²) in [5.74, 6) is -3.18. The first-order valence-corrected chi connectivity index (χ1v) is 5.46. The van der Waals surface area contributed by atoms with Gasteiger partial charge in [-0.1, -0.05) is 0 Å². The Balaban J connectivity index is 3.62. The first-order chi connectivity index (χ1) is 10.1. The van der Waals surface area contributed by atoms with E-state index in [1.807, 2.05) is 0 Å². The maximum Gasteiger partial charge on any atom is 0.574 e. The number of carbonyl (C=O) groups excluding carboxylic acids is 1. The van der Waals surface area contributed by atoms with E-state index in [0.717, 1.165) is 0 Å². The molecule has 0 aliphatic carbocycles. The number of esters is 1. The molecule has 0 aromatic carbocycles. The highest BCUT2D eigenvalue weighted by atomic mass is 19.4. The largest absolute Gasteiger partial charge is 0.574 e. The van der Waals surface area contributed by atoms with Crippen molar-refractivity contribution in [1.82, 2.24) is 4.98 Å². The molecule has 0 N–H and O–H groups in total. The quantitative estimate of drug-likeness (QED) is 0.357. The van der Waals surface area contributed by atoms with Crippen molar-refractivity contribution in [3.8, 4) is 5.88 Å². The molecule has 0 bridgehead atoms. The highest BCUT2D eigenvalue weighted by molar-refractivity contribution is 5.97. The van der Waals surface area contributed by atoms with E-state index in [-0.39, 0.29) is 12.8 Å². The summed E-state index contributed by atoms with van der Waals surface area (Å²) in [6.45, 7) is 0.902. The molecule has 0 aliphatic rings. The fourth-order valence-electron chi connectivity index (χ4n) is 1.43. The third-order valence-corrected chi connectivity index (χ3v) is 2.15. The van der Waals surface area contributed by atoms with Crippen LogP contribution in [0.5, 0.6) is 5.88 Å². The lowest BCUT2D eigenvalue weighted by molar-refractivity contribution is -0.386. The number of ether oxygens (including phenoxy) is 2. The highest BCUT2D eigenvalue weighted by Crippen LogP contribution is 2.37. The fourth-order valence-corrected chi connectivity index (χ4v) is 1.43. The summed E-state index contributed by atoms with van der Waals surface area (Å²) in [5, 5.41) is 10.9. The smallest absolute Gasteiger partial charge is 0.462 e. The summed E-state index contributed by atoms with van der Waals surface area (Å²) in [4.78, 5) is 23.9. The molecule has 0 amide bonds. The normalized spacial score (nSPS) is 11.4. The third-order valence-electron chi connectivity index (χ3n) is 2.15. The van der Waals surface area contributed by atoms with Crippen LogP contribution in [0.1, 0.15) is 29.3 Å². The summed E-state index contributed by atoms with van der Waals surface area (Å²) in [7, 11) is 0. The number of hydrogen-bond acceptors (Lipinski definition) is 6. The third kappa shape index (κ3) is 3.99. The molecule has 0 saturated carbocycles. The van der Waals surface area contributed by atoms with Crippen LogP contribution in [0.25, 0.3) is 0 Å². The van der Waals surface area contributed by atoms with E-state index in [0.29, 0.717) is 0 Å². The van der Waals surface area contributed by atoms with Crippen molar-refractivity contribution in [3.05, 3.63) is 27.4 Å². The number of hydrogen-bond donors (Lipinski definition) is 0. The fraction of sp³-hybridized carbons (Fsp3) is 0.400. The summed E-state index contributed by atoms with van der Waals surface area (Å²) in [5.41, 5.74) is -4.31. The average Bonchev–Trinajstić information content (AvgIpc) is 2.35. The van der Waals surface area contributed by atoms with Crippen LogP contribution < -0.4 is 4.74 Å². The lowest BCUT2D eigenvalue weighted by Crippen LogP contribution is -2.22. The second kappa shape index (κ2) is 6.49. The van der Waals surface area contributed by atoms with Gasteiger partial charge in [0, 0.05) is 6.20 Å². The zero-order chi connectivity index (χ0) is 17.1. The number of halogens is 5. The summed E-state index contributed by atoms with van der Waals surface area (Å²) in [6, 6.07) is 0. The van der Waals surface area contributed by atoms with Crippen molar-refractivity contribution in [2.24, 2.45) is 0 Å². The van der Waals surface area contributed by atoms with Gasteiger partial charge in [0.15, 0.2) is 5.56 Å². The average molecular weight is 330 g/mol. The van der Waals surface area contributed by atoms with Gasteiger partial charge in [0.05, 0.1) is 11.5 Å². The van der Waals surface area contributed by atoms with Gasteiger partial charge in [-0.25, -0.2) is 18.6 Å². The Morgan fingerprint density at radius 3 is 2.45 bits per heavy atom. The van der Waals surface area contributed by atoms with Gasteiger partial charge in [-0.05, 0) is 6.92 Å². The van der Waals surface area contributed by atoms with E-state index < -0.39 is 46.4 Å². The molecule has 22 heavy (non-hydrogen) atoms. The number of pyridine rings is 1. The van der Waals surface area contributed by atoms with Crippen LogP contribution in [-0.2, 0) is 4.74 Å². The standard InChI is InChI=1S/C10H7F5N2O5/c1-2-21-9(18)5-6(17(19)20)4(7(11)12)3-16-8(5)22-10(13,14)15/h3,7H,2H2,1H3. The predicted octanol–water partition coefficient (Wildman–Crippen LogP) is 3.00. The highest BCUT2D eigenvalue weighted by Gasteiger charge is 2.40. The molecule has 1 rings (SSSR count). The molecule has 0 atom stereocenters. The van der Waals surface area contributed by atoms with Crippen LogP contribution >= 0.6 is 0 Å². The molecular weight excluding hydrogens is 323 g/mol. The molecule has 1 aromatic heterocycles. The number of nitrogens with zero attached hydrogens (tertiary/aromatic N) is 2. The van der Waals surface area contributed by atoms with Gasteiger partial charge in [0.2, 0.25) is 5.88 Å². The van der Waals surface area contributed by atoms with E-state index in [2.05, 4.69) is 14.5 Å². The maximum absolute atomic E-state index is 12.7. The molecule has 0 saturated heterocycles. The van der Waals surface area contributed by atoms with Gasteiger partial charge >= 0.3 is 12.3 Å². The minimum atomic E-state index is -5.34. The first kappa shape index (κ1) is 17.5. The Labute approximate surface area is 118 Å². The molecule has 7 nitrogen and oxygen atoms in total. The second-order valence-electron chi connectivity index (χ2n) is 3.57. The van der Waals surface area contributed by atoms with Crippen molar-refractivity contribution in [1.29, 1.82) is 0 Å². The van der Waals surface area contributed by atoms with Crippen molar-refractivity contribution in [2.45, 2.75) is 19.7 Å². The van der Waals surface area contributed by atoms with Crippen molar-refractivity contribution in [2.75, 3.05) is 6.61 Å². The van der Waals surface area contributed by atoms with Crippen LogP contribution in [0.4, 0.5) is 27.6 Å². The summed E-state index contributed by atoms with van der Waals surface area (Å²) >= 11 is 0. The van der Waals surface area contributed by atoms with Gasteiger partial charge in [0.1, 0.15) is 5.56 Å². The van der Waals surface area contributed by atoms with Crippen molar-refractivity contribution >= 4 is 11.7 Å². The van der Waals surface area contributed by atoms with Crippen LogP contribution in [0.3, 0.4) is 0 Å². The Morgan fingerprint density at radius 1 is 1.45 bits per heavy atom. The minimum Gasteiger partial charge on any atom is -0.462 e. The number of rotatable bonds is 5. The molecule has 122 valence electrons. The Bertz CT molecular complexity index is 590. The van der Waals surface area contributed by atoms with Gasteiger partial charge in [-0.2, -0.15) is 0 Å². The molecule has 12 heteroatoms. The Morgan fingerprint density at radius 2 is 2.05 bits per heavy atom. The molecule has 0 aliphatic heterocycles. The minimum absolute atomic E-state index is 0.132. The zero-order valence-electron chi connectivity index (χ0n) is 10.7. The Hall–Kier alpha value is -2.53. The van der Waals surface area contributed by atoms with Gasteiger partial charge in [-0.3, -0.25) is 10.1 Å². The predicted molar refractivity (Wildman–Crippen MR) is 58.5 cm³/mol. The van der Waals surface area contributed by atoms with E-state index in [4.69, 9.17) is 0 Å². The number of alkyl halides is 5. The second-order valence-corrected chi connectivity index (χ2v) is 3.57. The van der Waals surface area contributed by atoms with Gasteiger partial charge < -0.3 is 9.47 Å². The molecule has 0 spiro atoms. The number of aromatic nitrogens is 1. The number of carbonyl (C=O) groups is 1. The van der Waals surface area contributed by atoms with Crippen LogP contribution in [0.15, 0.2) is 6.20 Å². The SMILES string of the molecule is CCOC(=O)c1c(OC(F)(F)F)ncc(C(F)F)c1[N+](=O)[O-]. The van der Waals surface area contributed by atoms with E-state index in [1.54, 1.807) is 0 Å². The molecule has 0 fully saturated rings. The van der Waals surface area contributed by atoms with Crippen LogP contribution in [0, 0.1) is 10.1 Å². The first-order valence-electron chi connectivity index (χ1n) is 5.46. The van der Waals surface area contributed by atoms with Crippen molar-refractivity contribution in [3.63, 3.8) is 0 Å². The lowest BCUT2D eigenvalue weighted by Gasteiger charge is -2.13. The van der Waals surface area contributed by atoms with E-state index >= 15 is 0 Å². The van der Waals surface area contributed by atoms with Gasteiger partial charge in [0.25, 0.3) is 12.1 Å². The van der Waals surface area contributed by atoms with E-state index in [9.17, 15) is 36.9 Å². The molecule has 1 aromatic rings.